The summed E-state index contributed by atoms with van der Waals surface area (Å²) in [5, 5.41) is 38.7. The number of nitrogens with zero attached hydrogens (tertiary/aromatic N) is 6. The SMILES string of the molecule is Cc1ccc(O)c(-n2nc3ccc(CCc4ccc5nn(-c6cc(C)ccc6O)nc5c4)cc3n2)c1. The number of aromatic nitrogens is 6. The van der Waals surface area contributed by atoms with Crippen LogP contribution in [0.25, 0.3) is 33.4 Å². The highest BCUT2D eigenvalue weighted by molar-refractivity contribution is 5.76. The van der Waals surface area contributed by atoms with E-state index in [4.69, 9.17) is 0 Å². The van der Waals surface area contributed by atoms with Gasteiger partial charge in [-0.25, -0.2) is 0 Å². The minimum absolute atomic E-state index is 0.145. The molecule has 0 radical (unpaired) electrons. The molecule has 178 valence electrons. The van der Waals surface area contributed by atoms with Crippen LogP contribution >= 0.6 is 0 Å². The van der Waals surface area contributed by atoms with Gasteiger partial charge in [-0.15, -0.1) is 30.0 Å². The molecule has 0 bridgehead atoms. The van der Waals surface area contributed by atoms with Crippen molar-refractivity contribution in [3.63, 3.8) is 0 Å². The average Bonchev–Trinajstić information content (AvgIpc) is 3.49. The molecule has 8 heteroatoms. The molecule has 2 N–H and O–H groups in total. The Morgan fingerprint density at radius 1 is 0.528 bits per heavy atom. The van der Waals surface area contributed by atoms with Crippen molar-refractivity contribution in [1.82, 2.24) is 30.0 Å². The third kappa shape index (κ3) is 4.02. The van der Waals surface area contributed by atoms with Gasteiger partial charge in [0, 0.05) is 0 Å². The molecule has 36 heavy (non-hydrogen) atoms. The third-order valence-electron chi connectivity index (χ3n) is 6.28. The molecule has 2 aromatic heterocycles. The van der Waals surface area contributed by atoms with E-state index in [0.29, 0.717) is 11.4 Å². The molecule has 0 aliphatic carbocycles. The van der Waals surface area contributed by atoms with Crippen LogP contribution in [0.3, 0.4) is 0 Å². The second kappa shape index (κ2) is 8.49. The average molecular weight is 477 g/mol. The maximum absolute atomic E-state index is 10.2. The van der Waals surface area contributed by atoms with E-state index in [0.717, 1.165) is 57.2 Å². The summed E-state index contributed by atoms with van der Waals surface area (Å²) >= 11 is 0. The van der Waals surface area contributed by atoms with Crippen molar-refractivity contribution in [1.29, 1.82) is 0 Å². The Labute approximate surface area is 207 Å². The number of aryl methyl sites for hydroxylation is 4. The van der Waals surface area contributed by atoms with Gasteiger partial charge in [0.2, 0.25) is 0 Å². The van der Waals surface area contributed by atoms with Crippen molar-refractivity contribution in [3.8, 4) is 22.9 Å². The summed E-state index contributed by atoms with van der Waals surface area (Å²) in [5.74, 6) is 0.289. The first kappa shape index (κ1) is 21.8. The number of aromatic hydroxyl groups is 2. The fourth-order valence-corrected chi connectivity index (χ4v) is 4.32. The van der Waals surface area contributed by atoms with E-state index < -0.39 is 0 Å². The van der Waals surface area contributed by atoms with Gasteiger partial charge in [0.1, 0.15) is 44.9 Å². The summed E-state index contributed by atoms with van der Waals surface area (Å²) in [4.78, 5) is 2.97. The largest absolute Gasteiger partial charge is 0.506 e. The van der Waals surface area contributed by atoms with Gasteiger partial charge in [-0.3, -0.25) is 0 Å². The van der Waals surface area contributed by atoms with Crippen LogP contribution in [0.1, 0.15) is 22.3 Å². The Kier molecular flexibility index (Phi) is 5.14. The molecule has 6 aromatic rings. The predicted octanol–water partition coefficient (Wildman–Crippen LogP) is 4.97. The summed E-state index contributed by atoms with van der Waals surface area (Å²) < 4.78 is 0. The normalized spacial score (nSPS) is 11.5. The van der Waals surface area contributed by atoms with Gasteiger partial charge in [0.25, 0.3) is 0 Å². The second-order valence-electron chi connectivity index (χ2n) is 9.11. The van der Waals surface area contributed by atoms with Gasteiger partial charge in [-0.2, -0.15) is 0 Å². The molecule has 4 aromatic carbocycles. The van der Waals surface area contributed by atoms with E-state index in [1.165, 1.54) is 9.59 Å². The van der Waals surface area contributed by atoms with Crippen molar-refractivity contribution in [2.75, 3.05) is 0 Å². The molecule has 0 saturated carbocycles. The highest BCUT2D eigenvalue weighted by Gasteiger charge is 2.12. The van der Waals surface area contributed by atoms with Gasteiger partial charge in [-0.05, 0) is 97.5 Å². The molecule has 0 spiro atoms. The van der Waals surface area contributed by atoms with Crippen LogP contribution in [0, 0.1) is 13.8 Å². The van der Waals surface area contributed by atoms with E-state index in [2.05, 4.69) is 32.5 Å². The van der Waals surface area contributed by atoms with Gasteiger partial charge in [0.05, 0.1) is 0 Å². The lowest BCUT2D eigenvalue weighted by Gasteiger charge is -2.03. The zero-order valence-electron chi connectivity index (χ0n) is 19.9. The molecule has 2 heterocycles. The lowest BCUT2D eigenvalue weighted by Crippen LogP contribution is -1.99. The number of rotatable bonds is 5. The monoisotopic (exact) mass is 476 g/mol. The van der Waals surface area contributed by atoms with E-state index in [-0.39, 0.29) is 11.5 Å². The Morgan fingerprint density at radius 3 is 1.39 bits per heavy atom. The second-order valence-corrected chi connectivity index (χ2v) is 9.11. The number of phenolic OH excluding ortho intramolecular Hbond substituents is 2. The number of fused-ring (bicyclic) bond motifs is 2. The van der Waals surface area contributed by atoms with Crippen LogP contribution in [0.4, 0.5) is 0 Å². The molecule has 0 aliphatic heterocycles. The first-order chi connectivity index (χ1) is 17.4. The van der Waals surface area contributed by atoms with Gasteiger partial charge in [-0.1, -0.05) is 24.3 Å². The van der Waals surface area contributed by atoms with Crippen molar-refractivity contribution in [2.45, 2.75) is 26.7 Å². The molecule has 6 rings (SSSR count). The quantitative estimate of drug-likeness (QED) is 0.364. The smallest absolute Gasteiger partial charge is 0.143 e. The number of hydrogen-bond acceptors (Lipinski definition) is 6. The van der Waals surface area contributed by atoms with Crippen LogP contribution in [0.15, 0.2) is 72.8 Å². The minimum atomic E-state index is 0.145. The summed E-state index contributed by atoms with van der Waals surface area (Å²) in [7, 11) is 0. The van der Waals surface area contributed by atoms with Crippen LogP contribution < -0.4 is 0 Å². The van der Waals surface area contributed by atoms with Crippen LogP contribution in [0.5, 0.6) is 11.5 Å². The van der Waals surface area contributed by atoms with E-state index >= 15 is 0 Å². The summed E-state index contributed by atoms with van der Waals surface area (Å²) in [5.41, 5.74) is 8.59. The summed E-state index contributed by atoms with van der Waals surface area (Å²) in [6.45, 7) is 3.93. The first-order valence-electron chi connectivity index (χ1n) is 11.7. The summed E-state index contributed by atoms with van der Waals surface area (Å²) in [6.07, 6.45) is 1.66. The van der Waals surface area contributed by atoms with Gasteiger partial charge < -0.3 is 10.2 Å². The molecule has 0 saturated heterocycles. The Bertz CT molecular complexity index is 1620. The standard InChI is InChI=1S/C28H24N6O2/c1-17-3-11-27(35)25(13-17)33-29-21-9-7-19(15-23(21)31-33)5-6-20-8-10-22-24(16-20)32-34(30-22)26-14-18(2)4-12-28(26)36/h3-4,7-16,35-36H,5-6H2,1-2H3. The molecule has 0 fully saturated rings. The number of benzene rings is 4. The fraction of sp³-hybridized carbons (Fsp3) is 0.143. The molecule has 0 amide bonds. The molecule has 0 aliphatic rings. The minimum Gasteiger partial charge on any atom is -0.506 e. The highest BCUT2D eigenvalue weighted by Crippen LogP contribution is 2.25. The molecular formula is C28H24N6O2. The molecule has 0 atom stereocenters. The van der Waals surface area contributed by atoms with E-state index in [1.54, 1.807) is 12.1 Å². The van der Waals surface area contributed by atoms with E-state index in [1.807, 2.05) is 62.4 Å². The lowest BCUT2D eigenvalue weighted by molar-refractivity contribution is 0.467. The van der Waals surface area contributed by atoms with Gasteiger partial charge in [0.15, 0.2) is 0 Å². The summed E-state index contributed by atoms with van der Waals surface area (Å²) in [6, 6.07) is 22.9. The Balaban J connectivity index is 1.23. The lowest BCUT2D eigenvalue weighted by atomic mass is 10.0. The van der Waals surface area contributed by atoms with Crippen molar-refractivity contribution in [3.05, 3.63) is 95.1 Å². The zero-order valence-corrected chi connectivity index (χ0v) is 19.9. The third-order valence-corrected chi connectivity index (χ3v) is 6.28. The Morgan fingerprint density at radius 2 is 0.944 bits per heavy atom. The molecule has 8 nitrogen and oxygen atoms in total. The maximum atomic E-state index is 10.2. The van der Waals surface area contributed by atoms with Crippen molar-refractivity contribution < 1.29 is 10.2 Å². The van der Waals surface area contributed by atoms with E-state index in [9.17, 15) is 10.2 Å². The predicted molar refractivity (Wildman–Crippen MR) is 138 cm³/mol. The first-order valence-corrected chi connectivity index (χ1v) is 11.7. The van der Waals surface area contributed by atoms with Crippen LogP contribution in [0.2, 0.25) is 0 Å². The van der Waals surface area contributed by atoms with Gasteiger partial charge >= 0.3 is 0 Å². The van der Waals surface area contributed by atoms with Crippen molar-refractivity contribution in [2.24, 2.45) is 0 Å². The number of hydrogen-bond donors (Lipinski definition) is 2. The van der Waals surface area contributed by atoms with Crippen LogP contribution in [-0.2, 0) is 12.8 Å². The Hall–Kier alpha value is -4.72. The number of phenols is 2. The fourth-order valence-electron chi connectivity index (χ4n) is 4.32. The topological polar surface area (TPSA) is 102 Å². The maximum Gasteiger partial charge on any atom is 0.143 e. The molecular weight excluding hydrogens is 452 g/mol. The molecule has 0 unspecified atom stereocenters. The zero-order chi connectivity index (χ0) is 24.8. The van der Waals surface area contributed by atoms with Crippen molar-refractivity contribution >= 4 is 22.1 Å². The highest BCUT2D eigenvalue weighted by atomic mass is 16.3. The van der Waals surface area contributed by atoms with Crippen LogP contribution in [-0.4, -0.2) is 40.2 Å².